The van der Waals surface area contributed by atoms with Crippen molar-refractivity contribution in [2.75, 3.05) is 0 Å². The summed E-state index contributed by atoms with van der Waals surface area (Å²) in [5, 5.41) is 0.0204. The van der Waals surface area contributed by atoms with Gasteiger partial charge in [0, 0.05) is 24.7 Å². The van der Waals surface area contributed by atoms with Crippen molar-refractivity contribution in [1.29, 1.82) is 0 Å². The number of carbonyl (C=O) groups is 1. The van der Waals surface area contributed by atoms with Crippen LogP contribution in [-0.4, -0.2) is 39.6 Å². The first kappa shape index (κ1) is 34.5. The molecule has 226 valence electrons. The van der Waals surface area contributed by atoms with E-state index in [-0.39, 0.29) is 45.5 Å². The molecule has 4 nitrogen and oxygen atoms in total. The van der Waals surface area contributed by atoms with E-state index in [0.717, 1.165) is 38.5 Å². The number of carbonyl (C=O) groups excluding carboxylic acids is 1. The summed E-state index contributed by atoms with van der Waals surface area (Å²) in [7, 11) is -4.37. The van der Waals surface area contributed by atoms with Crippen molar-refractivity contribution in [3.63, 3.8) is 0 Å². The van der Waals surface area contributed by atoms with Gasteiger partial charge in [-0.1, -0.05) is 92.0 Å². The minimum absolute atomic E-state index is 0.00617. The molecule has 0 unspecified atom stereocenters. The van der Waals surface area contributed by atoms with Gasteiger partial charge >= 0.3 is 5.97 Å². The Morgan fingerprint density at radius 1 is 1.08 bits per heavy atom. The zero-order chi connectivity index (χ0) is 29.7. The van der Waals surface area contributed by atoms with Crippen molar-refractivity contribution >= 4 is 22.6 Å². The third kappa shape index (κ3) is 9.68. The smallest absolute Gasteiger partial charge is 0.306 e. The molecule has 0 saturated heterocycles. The van der Waals surface area contributed by atoms with Gasteiger partial charge in [-0.15, -0.1) is 0 Å². The van der Waals surface area contributed by atoms with E-state index in [1.807, 2.05) is 0 Å². The molecule has 0 amide bonds. The lowest BCUT2D eigenvalue weighted by atomic mass is 9.75. The second kappa shape index (κ2) is 13.5. The Balaban J connectivity index is 2.49. The van der Waals surface area contributed by atoms with Gasteiger partial charge in [-0.05, 0) is 73.8 Å². The average molecular weight is 579 g/mol. The monoisotopic (exact) mass is 578 g/mol. The topological polar surface area (TPSA) is 55.8 Å². The van der Waals surface area contributed by atoms with Crippen LogP contribution in [0.15, 0.2) is 24.3 Å². The maximum Gasteiger partial charge on any atom is 0.306 e. The van der Waals surface area contributed by atoms with Gasteiger partial charge in [0.2, 0.25) is 0 Å². The van der Waals surface area contributed by atoms with Crippen LogP contribution in [0, 0.1) is 17.3 Å². The molecule has 0 spiro atoms. The number of allylic oxidation sites excluding steroid dienone is 3. The lowest BCUT2D eigenvalue weighted by molar-refractivity contribution is -0.151. The van der Waals surface area contributed by atoms with Crippen molar-refractivity contribution in [1.82, 2.24) is 0 Å². The SMILES string of the molecule is CCCCC[C@](C)(/C=C/[C@@H]1[C@H]2C/C=C\CCCC(=O)O[C@H]2C[C@H]1O[Si](C)(C)C(C)(C)C)CC(C)(C)[Si](C)(C)O. The molecule has 1 aliphatic carbocycles. The fraction of sp³-hybridized carbons (Fsp3) is 0.848. The van der Waals surface area contributed by atoms with E-state index in [2.05, 4.69) is 99.0 Å². The van der Waals surface area contributed by atoms with Crippen LogP contribution in [0.2, 0.25) is 36.3 Å². The third-order valence-electron chi connectivity index (χ3n) is 10.3. The number of hydrogen-bond donors (Lipinski definition) is 1. The molecule has 2 aliphatic rings. The molecule has 1 N–H and O–H groups in total. The van der Waals surface area contributed by atoms with Crippen LogP contribution in [0.1, 0.15) is 113 Å². The van der Waals surface area contributed by atoms with Crippen LogP contribution in [-0.2, 0) is 14.0 Å². The minimum Gasteiger partial charge on any atom is -0.462 e. The highest BCUT2D eigenvalue weighted by molar-refractivity contribution is 6.74. The summed E-state index contributed by atoms with van der Waals surface area (Å²) < 4.78 is 13.3. The first-order chi connectivity index (χ1) is 17.8. The summed E-state index contributed by atoms with van der Waals surface area (Å²) >= 11 is 0. The predicted molar refractivity (Wildman–Crippen MR) is 171 cm³/mol. The zero-order valence-corrected chi connectivity index (χ0v) is 29.4. The molecule has 39 heavy (non-hydrogen) atoms. The molecule has 1 fully saturated rings. The summed E-state index contributed by atoms with van der Waals surface area (Å²) in [4.78, 5) is 23.8. The average Bonchev–Trinajstić information content (AvgIpc) is 3.08. The van der Waals surface area contributed by atoms with Gasteiger partial charge < -0.3 is 14.0 Å². The van der Waals surface area contributed by atoms with E-state index < -0.39 is 16.6 Å². The Hall–Kier alpha value is -0.696. The normalized spacial score (nSPS) is 28.2. The van der Waals surface area contributed by atoms with Crippen LogP contribution in [0.25, 0.3) is 0 Å². The van der Waals surface area contributed by atoms with Gasteiger partial charge in [0.1, 0.15) is 6.10 Å². The Morgan fingerprint density at radius 2 is 1.74 bits per heavy atom. The molecule has 1 heterocycles. The summed E-state index contributed by atoms with van der Waals surface area (Å²) in [5.41, 5.74) is -0.00617. The Morgan fingerprint density at radius 3 is 2.33 bits per heavy atom. The maximum absolute atomic E-state index is 12.7. The predicted octanol–water partition coefficient (Wildman–Crippen LogP) is 9.57. The van der Waals surface area contributed by atoms with Crippen LogP contribution in [0.3, 0.4) is 0 Å². The fourth-order valence-electron chi connectivity index (χ4n) is 6.02. The van der Waals surface area contributed by atoms with Crippen LogP contribution in [0.4, 0.5) is 0 Å². The molecule has 0 radical (unpaired) electrons. The molecule has 6 heteroatoms. The van der Waals surface area contributed by atoms with E-state index >= 15 is 0 Å². The second-order valence-corrected chi connectivity index (χ2v) is 24.8. The van der Waals surface area contributed by atoms with E-state index in [0.29, 0.717) is 6.42 Å². The number of rotatable bonds is 11. The number of hydrogen-bond acceptors (Lipinski definition) is 4. The fourth-order valence-corrected chi connectivity index (χ4v) is 8.22. The first-order valence-corrected chi connectivity index (χ1v) is 21.6. The summed E-state index contributed by atoms with van der Waals surface area (Å²) in [5.74, 6) is 0.372. The molecule has 5 atom stereocenters. The molecule has 1 saturated carbocycles. The molecule has 0 aromatic carbocycles. The number of esters is 1. The number of unbranched alkanes of at least 4 members (excludes halogenated alkanes) is 2. The summed E-state index contributed by atoms with van der Waals surface area (Å²) in [6.45, 7) is 24.9. The van der Waals surface area contributed by atoms with E-state index in [4.69, 9.17) is 9.16 Å². The van der Waals surface area contributed by atoms with Crippen LogP contribution >= 0.6 is 0 Å². The Labute approximate surface area is 243 Å². The van der Waals surface area contributed by atoms with Gasteiger partial charge in [-0.25, -0.2) is 0 Å². The lowest BCUT2D eigenvalue weighted by Crippen LogP contribution is -2.45. The highest BCUT2D eigenvalue weighted by Gasteiger charge is 2.49. The molecule has 0 bridgehead atoms. The van der Waals surface area contributed by atoms with Crippen molar-refractivity contribution in [3.05, 3.63) is 24.3 Å². The Kier molecular flexibility index (Phi) is 12.0. The van der Waals surface area contributed by atoms with E-state index in [9.17, 15) is 9.59 Å². The standard InChI is InChI=1S/C33H62O4Si2/c1-12-13-18-22-33(7,25-32(5,6)38(8,9)35)23-21-27-26-19-16-14-15-17-20-30(34)36-28(26)24-29(27)37-39(10,11)31(2,3)4/h14,16,21,23,26-29,35H,12-13,15,17-20,22,24-25H2,1-11H3/b16-14-,23-21+/t26-,27-,28+,29-,33-/m1/s1. The third-order valence-corrected chi connectivity index (χ3v) is 18.3. The van der Waals surface area contributed by atoms with Gasteiger partial charge in [0.25, 0.3) is 0 Å². The van der Waals surface area contributed by atoms with E-state index in [1.165, 1.54) is 19.3 Å². The largest absolute Gasteiger partial charge is 0.462 e. The quantitative estimate of drug-likeness (QED) is 0.115. The number of ether oxygens (including phenoxy) is 1. The van der Waals surface area contributed by atoms with Gasteiger partial charge in [-0.3, -0.25) is 4.79 Å². The molecular formula is C33H62O4Si2. The summed E-state index contributed by atoms with van der Waals surface area (Å²) in [6.07, 6.45) is 19.1. The lowest BCUT2D eigenvalue weighted by Gasteiger charge is -2.42. The molecule has 0 aromatic rings. The first-order valence-electron chi connectivity index (χ1n) is 15.8. The molecular weight excluding hydrogens is 517 g/mol. The highest BCUT2D eigenvalue weighted by atomic mass is 28.4. The zero-order valence-electron chi connectivity index (χ0n) is 27.4. The number of fused-ring (bicyclic) bond motifs is 1. The van der Waals surface area contributed by atoms with Crippen molar-refractivity contribution in [2.24, 2.45) is 17.3 Å². The van der Waals surface area contributed by atoms with Crippen LogP contribution in [0.5, 0.6) is 0 Å². The van der Waals surface area contributed by atoms with Gasteiger partial charge in [-0.2, -0.15) is 0 Å². The molecule has 1 aliphatic heterocycles. The minimum atomic E-state index is -2.35. The van der Waals surface area contributed by atoms with E-state index in [1.54, 1.807) is 0 Å². The molecule has 2 rings (SSSR count). The second-order valence-electron chi connectivity index (χ2n) is 15.6. The van der Waals surface area contributed by atoms with Crippen molar-refractivity contribution in [3.8, 4) is 0 Å². The maximum atomic E-state index is 12.7. The molecule has 0 aromatic heterocycles. The summed E-state index contributed by atoms with van der Waals surface area (Å²) in [6, 6.07) is 0. The van der Waals surface area contributed by atoms with Crippen molar-refractivity contribution in [2.45, 2.75) is 161 Å². The van der Waals surface area contributed by atoms with Gasteiger partial charge in [0.15, 0.2) is 16.6 Å². The van der Waals surface area contributed by atoms with Crippen LogP contribution < -0.4 is 0 Å². The van der Waals surface area contributed by atoms with Gasteiger partial charge in [0.05, 0.1) is 6.10 Å². The Bertz CT molecular complexity index is 849. The van der Waals surface area contributed by atoms with Crippen molar-refractivity contribution < 1.29 is 18.8 Å². The highest BCUT2D eigenvalue weighted by Crippen LogP contribution is 2.50.